The summed E-state index contributed by atoms with van der Waals surface area (Å²) >= 11 is 0. The zero-order chi connectivity index (χ0) is 10.7. The fourth-order valence-corrected chi connectivity index (χ4v) is 2.99. The lowest BCUT2D eigenvalue weighted by Crippen LogP contribution is -2.62. The summed E-state index contributed by atoms with van der Waals surface area (Å²) in [7, 11) is 0. The second-order valence-electron chi connectivity index (χ2n) is 5.14. The van der Waals surface area contributed by atoms with E-state index in [0.717, 1.165) is 19.5 Å². The second kappa shape index (κ2) is 4.55. The predicted octanol–water partition coefficient (Wildman–Crippen LogP) is 1.62. The summed E-state index contributed by atoms with van der Waals surface area (Å²) in [6.07, 6.45) is 11.7. The van der Waals surface area contributed by atoms with Gasteiger partial charge in [0.15, 0.2) is 0 Å². The summed E-state index contributed by atoms with van der Waals surface area (Å²) < 4.78 is 0. The molecular weight excluding hydrogens is 184 g/mol. The van der Waals surface area contributed by atoms with Crippen LogP contribution in [0.3, 0.4) is 0 Å². The normalized spacial score (nSPS) is 30.5. The zero-order valence-electron chi connectivity index (χ0n) is 9.76. The Morgan fingerprint density at radius 1 is 1.47 bits per heavy atom. The van der Waals surface area contributed by atoms with Gasteiger partial charge in [0.25, 0.3) is 0 Å². The highest BCUT2D eigenvalue weighted by atomic mass is 15.2. The SMILES string of the molecule is C#CCCN1CC2(CCCC2)NCC1C. The molecule has 2 aliphatic rings. The van der Waals surface area contributed by atoms with E-state index < -0.39 is 0 Å². The van der Waals surface area contributed by atoms with Gasteiger partial charge in [0.1, 0.15) is 0 Å². The van der Waals surface area contributed by atoms with E-state index in [2.05, 4.69) is 23.1 Å². The average molecular weight is 206 g/mol. The molecule has 0 bridgehead atoms. The molecule has 1 saturated heterocycles. The van der Waals surface area contributed by atoms with E-state index in [0.29, 0.717) is 11.6 Å². The Morgan fingerprint density at radius 3 is 2.87 bits per heavy atom. The van der Waals surface area contributed by atoms with E-state index in [4.69, 9.17) is 6.42 Å². The van der Waals surface area contributed by atoms with Crippen molar-refractivity contribution in [1.29, 1.82) is 0 Å². The number of hydrogen-bond donors (Lipinski definition) is 1. The first-order valence-electron chi connectivity index (χ1n) is 6.18. The summed E-state index contributed by atoms with van der Waals surface area (Å²) in [5, 5.41) is 3.76. The van der Waals surface area contributed by atoms with Gasteiger partial charge in [-0.1, -0.05) is 12.8 Å². The maximum absolute atomic E-state index is 5.34. The van der Waals surface area contributed by atoms with Gasteiger partial charge in [-0.3, -0.25) is 4.90 Å². The monoisotopic (exact) mass is 206 g/mol. The highest BCUT2D eigenvalue weighted by Crippen LogP contribution is 2.33. The highest BCUT2D eigenvalue weighted by molar-refractivity contribution is 5.00. The van der Waals surface area contributed by atoms with Crippen LogP contribution in [0.5, 0.6) is 0 Å². The summed E-state index contributed by atoms with van der Waals surface area (Å²) in [5.41, 5.74) is 0.432. The van der Waals surface area contributed by atoms with Gasteiger partial charge in [-0.05, 0) is 19.8 Å². The molecular formula is C13H22N2. The van der Waals surface area contributed by atoms with Crippen LogP contribution in [0.1, 0.15) is 39.0 Å². The molecule has 0 aromatic heterocycles. The number of rotatable bonds is 2. The molecule has 0 aromatic rings. The number of nitrogens with one attached hydrogen (secondary N) is 1. The lowest BCUT2D eigenvalue weighted by molar-refractivity contribution is 0.0914. The minimum Gasteiger partial charge on any atom is -0.308 e. The van der Waals surface area contributed by atoms with Gasteiger partial charge in [-0.25, -0.2) is 0 Å². The number of nitrogens with zero attached hydrogens (tertiary/aromatic N) is 1. The van der Waals surface area contributed by atoms with Crippen molar-refractivity contribution >= 4 is 0 Å². The molecule has 1 aliphatic heterocycles. The van der Waals surface area contributed by atoms with Crippen molar-refractivity contribution in [3.8, 4) is 12.3 Å². The van der Waals surface area contributed by atoms with E-state index >= 15 is 0 Å². The van der Waals surface area contributed by atoms with Gasteiger partial charge in [-0.15, -0.1) is 12.3 Å². The van der Waals surface area contributed by atoms with Crippen molar-refractivity contribution in [2.24, 2.45) is 0 Å². The molecule has 2 fully saturated rings. The first-order chi connectivity index (χ1) is 7.26. The molecule has 1 unspecified atom stereocenters. The molecule has 2 heteroatoms. The largest absolute Gasteiger partial charge is 0.308 e. The molecule has 2 nitrogen and oxygen atoms in total. The van der Waals surface area contributed by atoms with Gasteiger partial charge in [0.05, 0.1) is 0 Å². The third-order valence-corrected chi connectivity index (χ3v) is 4.01. The molecule has 15 heavy (non-hydrogen) atoms. The Bertz CT molecular complexity index is 248. The van der Waals surface area contributed by atoms with Crippen LogP contribution in [0.25, 0.3) is 0 Å². The fourth-order valence-electron chi connectivity index (χ4n) is 2.99. The molecule has 0 aromatic carbocycles. The van der Waals surface area contributed by atoms with Gasteiger partial charge < -0.3 is 5.32 Å². The minimum atomic E-state index is 0.432. The molecule has 1 heterocycles. The molecule has 1 aliphatic carbocycles. The molecule has 1 atom stereocenters. The van der Waals surface area contributed by atoms with Crippen LogP contribution >= 0.6 is 0 Å². The lowest BCUT2D eigenvalue weighted by atomic mass is 9.92. The summed E-state index contributed by atoms with van der Waals surface area (Å²) in [4.78, 5) is 2.57. The maximum atomic E-state index is 5.34. The van der Waals surface area contributed by atoms with Crippen LogP contribution in [0, 0.1) is 12.3 Å². The van der Waals surface area contributed by atoms with E-state index in [9.17, 15) is 0 Å². The van der Waals surface area contributed by atoms with Crippen LogP contribution in [-0.2, 0) is 0 Å². The molecule has 1 N–H and O–H groups in total. The van der Waals surface area contributed by atoms with Crippen LogP contribution in [0.4, 0.5) is 0 Å². The van der Waals surface area contributed by atoms with E-state index in [1.807, 2.05) is 0 Å². The topological polar surface area (TPSA) is 15.3 Å². The zero-order valence-corrected chi connectivity index (χ0v) is 9.76. The van der Waals surface area contributed by atoms with Gasteiger partial charge >= 0.3 is 0 Å². The first kappa shape index (κ1) is 11.0. The summed E-state index contributed by atoms with van der Waals surface area (Å²) in [5.74, 6) is 2.75. The third-order valence-electron chi connectivity index (χ3n) is 4.01. The average Bonchev–Trinajstić information content (AvgIpc) is 2.69. The molecule has 2 rings (SSSR count). The predicted molar refractivity (Wildman–Crippen MR) is 63.7 cm³/mol. The lowest BCUT2D eigenvalue weighted by Gasteiger charge is -2.45. The maximum Gasteiger partial charge on any atom is 0.0309 e. The van der Waals surface area contributed by atoms with Crippen LogP contribution in [0.2, 0.25) is 0 Å². The first-order valence-corrected chi connectivity index (χ1v) is 6.18. The van der Waals surface area contributed by atoms with Gasteiger partial charge in [0, 0.05) is 37.6 Å². The standard InChI is InChI=1S/C13H22N2/c1-3-4-9-15-11-13(7-5-6-8-13)14-10-12(15)2/h1,12,14H,4-11H2,2H3. The highest BCUT2D eigenvalue weighted by Gasteiger charge is 2.39. The number of hydrogen-bond acceptors (Lipinski definition) is 2. The van der Waals surface area contributed by atoms with E-state index in [1.165, 1.54) is 32.2 Å². The molecule has 0 radical (unpaired) electrons. The minimum absolute atomic E-state index is 0.432. The molecule has 1 saturated carbocycles. The van der Waals surface area contributed by atoms with Crippen LogP contribution in [-0.4, -0.2) is 36.1 Å². The van der Waals surface area contributed by atoms with Gasteiger partial charge in [0.2, 0.25) is 0 Å². The Kier molecular flexibility index (Phi) is 3.33. The molecule has 1 spiro atoms. The van der Waals surface area contributed by atoms with Gasteiger partial charge in [-0.2, -0.15) is 0 Å². The smallest absolute Gasteiger partial charge is 0.0309 e. The molecule has 84 valence electrons. The Morgan fingerprint density at radius 2 is 2.20 bits per heavy atom. The summed E-state index contributed by atoms with van der Waals surface area (Å²) in [6.45, 7) is 5.70. The fraction of sp³-hybridized carbons (Fsp3) is 0.846. The van der Waals surface area contributed by atoms with E-state index in [1.54, 1.807) is 0 Å². The van der Waals surface area contributed by atoms with Crippen molar-refractivity contribution in [3.63, 3.8) is 0 Å². The van der Waals surface area contributed by atoms with Crippen LogP contribution in [0.15, 0.2) is 0 Å². The van der Waals surface area contributed by atoms with Crippen molar-refractivity contribution < 1.29 is 0 Å². The Hall–Kier alpha value is -0.520. The number of terminal acetylenes is 1. The third kappa shape index (κ3) is 2.35. The Balaban J connectivity index is 1.94. The molecule has 0 amide bonds. The van der Waals surface area contributed by atoms with E-state index in [-0.39, 0.29) is 0 Å². The quantitative estimate of drug-likeness (QED) is 0.691. The summed E-state index contributed by atoms with van der Waals surface area (Å²) in [6, 6.07) is 0.643. The Labute approximate surface area is 93.4 Å². The second-order valence-corrected chi connectivity index (χ2v) is 5.14. The van der Waals surface area contributed by atoms with Crippen LogP contribution < -0.4 is 5.32 Å². The van der Waals surface area contributed by atoms with Crippen molar-refractivity contribution in [1.82, 2.24) is 10.2 Å². The number of piperazine rings is 1. The van der Waals surface area contributed by atoms with Crippen molar-refractivity contribution in [2.75, 3.05) is 19.6 Å². The van der Waals surface area contributed by atoms with Crippen molar-refractivity contribution in [2.45, 2.75) is 50.6 Å². The van der Waals surface area contributed by atoms with Crippen molar-refractivity contribution in [3.05, 3.63) is 0 Å².